The maximum Gasteiger partial charge on any atom is 0.326 e. The summed E-state index contributed by atoms with van der Waals surface area (Å²) in [6, 6.07) is 0.233. The third-order valence-corrected chi connectivity index (χ3v) is 2.46. The second-order valence-electron chi connectivity index (χ2n) is 3.42. The second-order valence-corrected chi connectivity index (χ2v) is 3.42. The summed E-state index contributed by atoms with van der Waals surface area (Å²) < 4.78 is 0. The molecule has 0 saturated heterocycles. The molecule has 2 amide bonds. The van der Waals surface area contributed by atoms with Gasteiger partial charge in [0.15, 0.2) is 0 Å². The number of aliphatic carboxylic acids is 1. The molecule has 0 fully saturated rings. The molecule has 0 aromatic carbocycles. The summed E-state index contributed by atoms with van der Waals surface area (Å²) in [5, 5.41) is 8.80. The Bertz CT molecular complexity index is 462. The smallest absolute Gasteiger partial charge is 0.326 e. The fourth-order valence-corrected chi connectivity index (χ4v) is 1.57. The van der Waals surface area contributed by atoms with E-state index < -0.39 is 23.8 Å². The zero-order valence-corrected chi connectivity index (χ0v) is 8.38. The molecular formula is C10H8N2O4. The first-order valence-electron chi connectivity index (χ1n) is 4.58. The number of amides is 2. The summed E-state index contributed by atoms with van der Waals surface area (Å²) in [6.07, 6.45) is 2.66. The van der Waals surface area contributed by atoms with Gasteiger partial charge in [-0.05, 0) is 13.0 Å². The average molecular weight is 220 g/mol. The first-order chi connectivity index (χ1) is 7.54. The fraction of sp³-hybridized carbons (Fsp3) is 0.200. The summed E-state index contributed by atoms with van der Waals surface area (Å²) in [5.74, 6) is -2.41. The van der Waals surface area contributed by atoms with E-state index in [2.05, 4.69) is 4.98 Å². The molecule has 2 heterocycles. The van der Waals surface area contributed by atoms with Crippen LogP contribution in [0, 0.1) is 0 Å². The second kappa shape index (κ2) is 3.41. The highest BCUT2D eigenvalue weighted by molar-refractivity contribution is 6.22. The minimum absolute atomic E-state index is 0.153. The Labute approximate surface area is 90.5 Å². The predicted molar refractivity (Wildman–Crippen MR) is 51.8 cm³/mol. The number of pyridine rings is 1. The van der Waals surface area contributed by atoms with Gasteiger partial charge >= 0.3 is 5.97 Å². The van der Waals surface area contributed by atoms with E-state index in [1.807, 2.05) is 0 Å². The van der Waals surface area contributed by atoms with E-state index in [1.54, 1.807) is 0 Å². The van der Waals surface area contributed by atoms with Crippen molar-refractivity contribution in [1.82, 2.24) is 9.88 Å². The summed E-state index contributed by atoms with van der Waals surface area (Å²) >= 11 is 0. The Balaban J connectivity index is 2.46. The number of carbonyl (C=O) groups excluding carboxylic acids is 2. The Hall–Kier alpha value is -2.24. The number of rotatable bonds is 2. The average Bonchev–Trinajstić information content (AvgIpc) is 2.52. The lowest BCUT2D eigenvalue weighted by Crippen LogP contribution is -2.42. The van der Waals surface area contributed by atoms with Gasteiger partial charge in [0.1, 0.15) is 6.04 Å². The lowest BCUT2D eigenvalue weighted by Gasteiger charge is -2.17. The van der Waals surface area contributed by atoms with Gasteiger partial charge in [-0.2, -0.15) is 0 Å². The van der Waals surface area contributed by atoms with Crippen LogP contribution in [0.2, 0.25) is 0 Å². The van der Waals surface area contributed by atoms with Gasteiger partial charge in [0, 0.05) is 12.4 Å². The van der Waals surface area contributed by atoms with Crippen molar-refractivity contribution < 1.29 is 19.5 Å². The molecule has 1 aliphatic heterocycles. The van der Waals surface area contributed by atoms with Crippen LogP contribution in [0.15, 0.2) is 18.5 Å². The van der Waals surface area contributed by atoms with Crippen molar-refractivity contribution in [1.29, 1.82) is 0 Å². The molecule has 1 aliphatic rings. The van der Waals surface area contributed by atoms with Crippen molar-refractivity contribution >= 4 is 17.8 Å². The van der Waals surface area contributed by atoms with Crippen LogP contribution in [0.25, 0.3) is 0 Å². The monoisotopic (exact) mass is 220 g/mol. The van der Waals surface area contributed by atoms with Crippen molar-refractivity contribution in [3.8, 4) is 0 Å². The topological polar surface area (TPSA) is 87.6 Å². The van der Waals surface area contributed by atoms with Gasteiger partial charge in [-0.3, -0.25) is 19.5 Å². The van der Waals surface area contributed by atoms with Crippen LogP contribution in [0.4, 0.5) is 0 Å². The first kappa shape index (κ1) is 10.3. The van der Waals surface area contributed by atoms with Crippen LogP contribution in [-0.2, 0) is 4.79 Å². The highest BCUT2D eigenvalue weighted by Gasteiger charge is 2.40. The van der Waals surface area contributed by atoms with Crippen LogP contribution >= 0.6 is 0 Å². The van der Waals surface area contributed by atoms with E-state index in [0.29, 0.717) is 0 Å². The predicted octanol–water partition coefficient (Wildman–Crippen LogP) is 0.151. The number of nitrogens with zero attached hydrogens (tertiary/aromatic N) is 2. The first-order valence-corrected chi connectivity index (χ1v) is 4.58. The van der Waals surface area contributed by atoms with Crippen LogP contribution in [0.5, 0.6) is 0 Å². The fourth-order valence-electron chi connectivity index (χ4n) is 1.57. The molecule has 0 bridgehead atoms. The molecule has 6 nitrogen and oxygen atoms in total. The standard InChI is InChI=1S/C10H8N2O4/c1-5(10(15)16)12-8(13)6-2-3-11-4-7(6)9(12)14/h2-5H,1H3,(H,15,16)/t5-/m0/s1. The molecule has 82 valence electrons. The maximum atomic E-state index is 11.8. The Kier molecular flexibility index (Phi) is 2.19. The Morgan fingerprint density at radius 3 is 2.56 bits per heavy atom. The van der Waals surface area contributed by atoms with Gasteiger partial charge in [-0.15, -0.1) is 0 Å². The Morgan fingerprint density at radius 1 is 1.38 bits per heavy atom. The molecule has 0 aliphatic carbocycles. The largest absolute Gasteiger partial charge is 0.480 e. The van der Waals surface area contributed by atoms with Crippen LogP contribution in [0.1, 0.15) is 27.6 Å². The van der Waals surface area contributed by atoms with Gasteiger partial charge in [0.05, 0.1) is 11.1 Å². The number of imide groups is 1. The van der Waals surface area contributed by atoms with E-state index in [-0.39, 0.29) is 11.1 Å². The molecule has 1 atom stereocenters. The van der Waals surface area contributed by atoms with E-state index in [4.69, 9.17) is 5.11 Å². The molecule has 0 spiro atoms. The molecular weight excluding hydrogens is 212 g/mol. The summed E-state index contributed by atoms with van der Waals surface area (Å²) in [5.41, 5.74) is 0.355. The highest BCUT2D eigenvalue weighted by Crippen LogP contribution is 2.23. The van der Waals surface area contributed by atoms with Gasteiger partial charge in [-0.1, -0.05) is 0 Å². The van der Waals surface area contributed by atoms with E-state index in [9.17, 15) is 14.4 Å². The lowest BCUT2D eigenvalue weighted by molar-refractivity contribution is -0.140. The third kappa shape index (κ3) is 1.27. The zero-order chi connectivity index (χ0) is 11.9. The summed E-state index contributed by atoms with van der Waals surface area (Å²) in [7, 11) is 0. The molecule has 0 radical (unpaired) electrons. The Morgan fingerprint density at radius 2 is 2.00 bits per heavy atom. The summed E-state index contributed by atoms with van der Waals surface area (Å²) in [4.78, 5) is 38.8. The van der Waals surface area contributed by atoms with Crippen molar-refractivity contribution in [2.45, 2.75) is 13.0 Å². The molecule has 1 aromatic rings. The van der Waals surface area contributed by atoms with Gasteiger partial charge in [-0.25, -0.2) is 4.79 Å². The zero-order valence-electron chi connectivity index (χ0n) is 8.38. The van der Waals surface area contributed by atoms with Gasteiger partial charge < -0.3 is 5.11 Å². The molecule has 6 heteroatoms. The summed E-state index contributed by atoms with van der Waals surface area (Å²) in [6.45, 7) is 1.29. The SMILES string of the molecule is C[C@@H](C(=O)O)N1C(=O)c2ccncc2C1=O. The lowest BCUT2D eigenvalue weighted by atomic mass is 10.2. The number of fused-ring (bicyclic) bond motifs is 1. The third-order valence-electron chi connectivity index (χ3n) is 2.46. The van der Waals surface area contributed by atoms with Crippen molar-refractivity contribution in [2.24, 2.45) is 0 Å². The van der Waals surface area contributed by atoms with Crippen molar-refractivity contribution in [3.63, 3.8) is 0 Å². The van der Waals surface area contributed by atoms with Gasteiger partial charge in [0.2, 0.25) is 0 Å². The van der Waals surface area contributed by atoms with Crippen LogP contribution in [-0.4, -0.2) is 38.8 Å². The molecule has 2 rings (SSSR count). The molecule has 0 unspecified atom stereocenters. The van der Waals surface area contributed by atoms with Crippen LogP contribution < -0.4 is 0 Å². The maximum absolute atomic E-state index is 11.8. The van der Waals surface area contributed by atoms with E-state index >= 15 is 0 Å². The van der Waals surface area contributed by atoms with E-state index in [1.165, 1.54) is 25.4 Å². The number of carboxylic acid groups (broad SMARTS) is 1. The number of hydrogen-bond acceptors (Lipinski definition) is 4. The van der Waals surface area contributed by atoms with Crippen LogP contribution in [0.3, 0.4) is 0 Å². The number of carbonyl (C=O) groups is 3. The number of hydrogen-bond donors (Lipinski definition) is 1. The molecule has 1 N–H and O–H groups in total. The minimum Gasteiger partial charge on any atom is -0.480 e. The number of carboxylic acids is 1. The molecule has 16 heavy (non-hydrogen) atoms. The number of aromatic nitrogens is 1. The quantitative estimate of drug-likeness (QED) is 0.717. The minimum atomic E-state index is -1.22. The normalized spacial score (nSPS) is 16.2. The molecule has 1 aromatic heterocycles. The highest BCUT2D eigenvalue weighted by atomic mass is 16.4. The molecule has 0 saturated carbocycles. The van der Waals surface area contributed by atoms with Crippen molar-refractivity contribution in [3.05, 3.63) is 29.6 Å². The van der Waals surface area contributed by atoms with E-state index in [0.717, 1.165) is 4.90 Å². The van der Waals surface area contributed by atoms with Crippen molar-refractivity contribution in [2.75, 3.05) is 0 Å². The van der Waals surface area contributed by atoms with Gasteiger partial charge in [0.25, 0.3) is 11.8 Å².